The van der Waals surface area contributed by atoms with E-state index in [0.29, 0.717) is 12.2 Å². The highest BCUT2D eigenvalue weighted by Gasteiger charge is 2.42. The van der Waals surface area contributed by atoms with Crippen molar-refractivity contribution in [3.63, 3.8) is 0 Å². The lowest BCUT2D eigenvalue weighted by molar-refractivity contribution is -0.154. The van der Waals surface area contributed by atoms with Gasteiger partial charge >= 0.3 is 11.9 Å². The van der Waals surface area contributed by atoms with Crippen LogP contribution >= 0.6 is 0 Å². The summed E-state index contributed by atoms with van der Waals surface area (Å²) >= 11 is 0. The van der Waals surface area contributed by atoms with Crippen LogP contribution in [0.15, 0.2) is 24.3 Å². The van der Waals surface area contributed by atoms with E-state index in [9.17, 15) is 14.4 Å². The predicted molar refractivity (Wildman–Crippen MR) is 102 cm³/mol. The van der Waals surface area contributed by atoms with Crippen molar-refractivity contribution in [2.45, 2.75) is 50.9 Å². The van der Waals surface area contributed by atoms with E-state index < -0.39 is 16.5 Å². The van der Waals surface area contributed by atoms with Crippen LogP contribution in [-0.4, -0.2) is 47.2 Å². The molecule has 6 heteroatoms. The molecule has 1 aromatic rings. The zero-order chi connectivity index (χ0) is 19.3. The maximum absolute atomic E-state index is 12.9. The first kappa shape index (κ1) is 20.5. The van der Waals surface area contributed by atoms with Gasteiger partial charge in [0.1, 0.15) is 11.4 Å². The molecule has 0 radical (unpaired) electrons. The van der Waals surface area contributed by atoms with Gasteiger partial charge in [-0.3, -0.25) is 9.59 Å². The quantitative estimate of drug-likeness (QED) is 0.561. The molecular weight excluding hydrogens is 352 g/mol. The van der Waals surface area contributed by atoms with Gasteiger partial charge in [0.25, 0.3) is 0 Å². The number of Topliss-reactive ketones (excluding diaryl/α,β-unsaturated/α-hetero) is 1. The molecule has 26 heavy (non-hydrogen) atoms. The molecule has 1 aliphatic carbocycles. The smallest absolute Gasteiger partial charge is 0.356 e. The van der Waals surface area contributed by atoms with Crippen LogP contribution in [0.3, 0.4) is 0 Å². The van der Waals surface area contributed by atoms with Crippen molar-refractivity contribution in [1.82, 2.24) is 0 Å². The summed E-state index contributed by atoms with van der Waals surface area (Å²) in [6.45, 7) is 5.46. The number of aryl methyl sites for hydroxylation is 1. The van der Waals surface area contributed by atoms with Crippen LogP contribution in [0.25, 0.3) is 0 Å². The number of methoxy groups -OCH3 is 1. The van der Waals surface area contributed by atoms with Crippen LogP contribution < -0.4 is 0 Å². The Morgan fingerprint density at radius 3 is 2.54 bits per heavy atom. The Labute approximate surface area is 157 Å². The molecule has 2 rings (SSSR count). The zero-order valence-corrected chi connectivity index (χ0v) is 16.7. The van der Waals surface area contributed by atoms with Crippen molar-refractivity contribution in [1.29, 1.82) is 0 Å². The lowest BCUT2D eigenvalue weighted by atomic mass is 9.90. The summed E-state index contributed by atoms with van der Waals surface area (Å²) in [6, 6.07) is 7.61. The van der Waals surface area contributed by atoms with E-state index >= 15 is 0 Å². The molecule has 0 bridgehead atoms. The second kappa shape index (κ2) is 8.71. The third-order valence-corrected chi connectivity index (χ3v) is 6.76. The number of fused-ring (bicyclic) bond motifs is 1. The third-order valence-electron chi connectivity index (χ3n) is 4.17. The Morgan fingerprint density at radius 2 is 1.88 bits per heavy atom. The molecule has 0 aliphatic heterocycles. The fourth-order valence-corrected chi connectivity index (χ4v) is 5.38. The van der Waals surface area contributed by atoms with Crippen molar-refractivity contribution < 1.29 is 23.9 Å². The minimum absolute atomic E-state index is 0.0725. The predicted octanol–water partition coefficient (Wildman–Crippen LogP) is 2.71. The summed E-state index contributed by atoms with van der Waals surface area (Å²) in [4.78, 5) is 36.9. The van der Waals surface area contributed by atoms with Gasteiger partial charge in [0.2, 0.25) is 11.5 Å². The number of carbonyl (C=O) groups excluding carboxylic acids is 3. The highest BCUT2D eigenvalue weighted by atomic mass is 32.2. The lowest BCUT2D eigenvalue weighted by Crippen LogP contribution is -2.40. The van der Waals surface area contributed by atoms with Gasteiger partial charge in [0.05, 0.1) is 13.5 Å². The van der Waals surface area contributed by atoms with Gasteiger partial charge in [-0.25, -0.2) is 4.79 Å². The van der Waals surface area contributed by atoms with Gasteiger partial charge in [-0.2, -0.15) is 0 Å². The van der Waals surface area contributed by atoms with Crippen LogP contribution in [0.1, 0.15) is 49.5 Å². The van der Waals surface area contributed by atoms with Gasteiger partial charge in [0.15, 0.2) is 5.25 Å². The molecule has 0 heterocycles. The number of rotatable bonds is 6. The topological polar surface area (TPSA) is 69.7 Å². The van der Waals surface area contributed by atoms with E-state index in [1.807, 2.05) is 45.0 Å². The van der Waals surface area contributed by atoms with Crippen molar-refractivity contribution in [2.24, 2.45) is 0 Å². The number of ketones is 1. The maximum Gasteiger partial charge on any atom is 0.356 e. The number of carbonyl (C=O) groups is 3. The van der Waals surface area contributed by atoms with E-state index in [-0.39, 0.29) is 35.1 Å². The molecule has 0 amide bonds. The second-order valence-corrected chi connectivity index (χ2v) is 9.69. The third kappa shape index (κ3) is 5.59. The molecule has 2 atom stereocenters. The molecule has 0 saturated carbocycles. The molecular formula is C20H27O5S+. The van der Waals surface area contributed by atoms with Crippen LogP contribution in [0.4, 0.5) is 0 Å². The Balaban J connectivity index is 2.11. The van der Waals surface area contributed by atoms with Crippen LogP contribution in [0, 0.1) is 0 Å². The molecule has 0 spiro atoms. The first-order valence-electron chi connectivity index (χ1n) is 8.78. The molecule has 0 aromatic heterocycles. The number of ether oxygens (including phenoxy) is 2. The summed E-state index contributed by atoms with van der Waals surface area (Å²) in [6.07, 6.45) is 1.71. The summed E-state index contributed by atoms with van der Waals surface area (Å²) in [5.41, 5.74) is 1.25. The zero-order valence-electron chi connectivity index (χ0n) is 15.9. The minimum Gasteiger partial charge on any atom is -0.466 e. The van der Waals surface area contributed by atoms with E-state index in [4.69, 9.17) is 9.47 Å². The van der Waals surface area contributed by atoms with Gasteiger partial charge in [0, 0.05) is 22.9 Å². The van der Waals surface area contributed by atoms with E-state index in [2.05, 4.69) is 0 Å². The fraction of sp³-hybridized carbons (Fsp3) is 0.550. The van der Waals surface area contributed by atoms with Crippen molar-refractivity contribution in [3.05, 3.63) is 35.4 Å². The Morgan fingerprint density at radius 1 is 1.19 bits per heavy atom. The largest absolute Gasteiger partial charge is 0.466 e. The number of esters is 2. The molecule has 1 aromatic carbocycles. The maximum atomic E-state index is 12.9. The Hall–Kier alpha value is -1.82. The highest BCUT2D eigenvalue weighted by Crippen LogP contribution is 2.27. The number of hydrogen-bond acceptors (Lipinski definition) is 5. The summed E-state index contributed by atoms with van der Waals surface area (Å²) in [7, 11) is 0.791. The molecule has 0 N–H and O–H groups in total. The number of hydrogen-bond donors (Lipinski definition) is 0. The standard InChI is InChI=1S/C20H27O5S/c1-20(2,3)25-17(21)11-12-26(13-18(22)24-4)16-10-9-14-7-5-6-8-15(14)19(16)23/h5-8,16H,9-13H2,1-4H3/q+1. The average Bonchev–Trinajstić information content (AvgIpc) is 2.57. The van der Waals surface area contributed by atoms with Crippen molar-refractivity contribution in [2.75, 3.05) is 18.6 Å². The highest BCUT2D eigenvalue weighted by molar-refractivity contribution is 7.98. The Kier molecular flexibility index (Phi) is 6.87. The Bertz CT molecular complexity index is 677. The van der Waals surface area contributed by atoms with Gasteiger partial charge in [-0.15, -0.1) is 0 Å². The summed E-state index contributed by atoms with van der Waals surface area (Å²) in [5.74, 6) is 0.0523. The van der Waals surface area contributed by atoms with Gasteiger partial charge in [-0.1, -0.05) is 24.3 Å². The van der Waals surface area contributed by atoms with Crippen molar-refractivity contribution >= 4 is 28.6 Å². The minimum atomic E-state index is -0.552. The van der Waals surface area contributed by atoms with Crippen LogP contribution in [0.2, 0.25) is 0 Å². The van der Waals surface area contributed by atoms with E-state index in [1.54, 1.807) is 0 Å². The molecule has 0 saturated heterocycles. The van der Waals surface area contributed by atoms with Crippen LogP contribution in [0.5, 0.6) is 0 Å². The van der Waals surface area contributed by atoms with Gasteiger partial charge < -0.3 is 9.47 Å². The van der Waals surface area contributed by atoms with E-state index in [1.165, 1.54) is 7.11 Å². The summed E-state index contributed by atoms with van der Waals surface area (Å²) in [5, 5.41) is -0.244. The summed E-state index contributed by atoms with van der Waals surface area (Å²) < 4.78 is 10.2. The molecule has 2 unspecified atom stereocenters. The SMILES string of the molecule is COC(=O)C[S+](CCC(=O)OC(C)(C)C)C1CCc2ccccc2C1=O. The molecule has 5 nitrogen and oxygen atoms in total. The first-order chi connectivity index (χ1) is 12.2. The van der Waals surface area contributed by atoms with Crippen molar-refractivity contribution in [3.8, 4) is 0 Å². The normalized spacial score (nSPS) is 18.0. The average molecular weight is 379 g/mol. The van der Waals surface area contributed by atoms with Crippen LogP contribution in [-0.2, 0) is 36.4 Å². The van der Waals surface area contributed by atoms with Gasteiger partial charge in [-0.05, 0) is 32.8 Å². The molecule has 0 fully saturated rings. The molecule has 1 aliphatic rings. The fourth-order valence-electron chi connectivity index (χ4n) is 3.02. The second-order valence-electron chi connectivity index (χ2n) is 7.35. The first-order valence-corrected chi connectivity index (χ1v) is 10.4. The number of benzene rings is 1. The monoisotopic (exact) mass is 379 g/mol. The lowest BCUT2D eigenvalue weighted by Gasteiger charge is -2.24. The van der Waals surface area contributed by atoms with E-state index in [0.717, 1.165) is 17.5 Å². The molecule has 142 valence electrons.